The summed E-state index contributed by atoms with van der Waals surface area (Å²) in [6.45, 7) is 8.85. The number of piperidine rings is 2. The summed E-state index contributed by atoms with van der Waals surface area (Å²) in [6.07, 6.45) is 8.06. The second kappa shape index (κ2) is 6.28. The van der Waals surface area contributed by atoms with Crippen LogP contribution in [0.5, 0.6) is 0 Å². The zero-order valence-corrected chi connectivity index (χ0v) is 15.7. The summed E-state index contributed by atoms with van der Waals surface area (Å²) in [5.74, 6) is 0. The molecule has 0 N–H and O–H groups in total. The highest BCUT2D eigenvalue weighted by Crippen LogP contribution is 2.46. The second-order valence-corrected chi connectivity index (χ2v) is 10.4. The Kier molecular flexibility index (Phi) is 4.82. The van der Waals surface area contributed by atoms with Crippen LogP contribution in [0.25, 0.3) is 0 Å². The largest absolute Gasteiger partial charge is 0.381 e. The lowest BCUT2D eigenvalue weighted by atomic mass is 9.69. The van der Waals surface area contributed by atoms with E-state index in [1.165, 1.54) is 6.26 Å². The van der Waals surface area contributed by atoms with Crippen molar-refractivity contribution in [1.82, 2.24) is 9.21 Å². The molecule has 3 saturated heterocycles. The first-order chi connectivity index (χ1) is 10.7. The van der Waals surface area contributed by atoms with Crippen molar-refractivity contribution in [3.05, 3.63) is 0 Å². The monoisotopic (exact) mass is 344 g/mol. The van der Waals surface area contributed by atoms with Crippen LogP contribution in [0.1, 0.15) is 52.4 Å². The van der Waals surface area contributed by atoms with E-state index in [0.29, 0.717) is 12.6 Å². The molecule has 3 rings (SSSR count). The highest BCUT2D eigenvalue weighted by Gasteiger charge is 2.48. The van der Waals surface area contributed by atoms with Gasteiger partial charge in [-0.1, -0.05) is 0 Å². The second-order valence-electron chi connectivity index (χ2n) is 8.46. The number of sulfonamides is 1. The SMILES string of the molecule is CC1(C)CCC2(CCN(C3CCOCC3)CC2)CN1S(C)(=O)=O. The number of hydrogen-bond acceptors (Lipinski definition) is 4. The summed E-state index contributed by atoms with van der Waals surface area (Å²) in [7, 11) is -3.14. The normalized spacial score (nSPS) is 30.6. The molecule has 23 heavy (non-hydrogen) atoms. The topological polar surface area (TPSA) is 49.9 Å². The summed E-state index contributed by atoms with van der Waals surface area (Å²) >= 11 is 0. The molecule has 3 fully saturated rings. The van der Waals surface area contributed by atoms with E-state index in [-0.39, 0.29) is 11.0 Å². The molecule has 0 aromatic carbocycles. The Bertz CT molecular complexity index is 518. The van der Waals surface area contributed by atoms with Gasteiger partial charge < -0.3 is 9.64 Å². The van der Waals surface area contributed by atoms with E-state index in [4.69, 9.17) is 4.74 Å². The quantitative estimate of drug-likeness (QED) is 0.770. The molecule has 3 aliphatic heterocycles. The minimum Gasteiger partial charge on any atom is -0.381 e. The third-order valence-corrected chi connectivity index (χ3v) is 7.81. The summed E-state index contributed by atoms with van der Waals surface area (Å²) in [5, 5.41) is 0. The fraction of sp³-hybridized carbons (Fsp3) is 1.00. The first-order valence-corrected chi connectivity index (χ1v) is 10.9. The van der Waals surface area contributed by atoms with E-state index in [9.17, 15) is 8.42 Å². The van der Waals surface area contributed by atoms with Crippen molar-refractivity contribution in [2.75, 3.05) is 39.1 Å². The maximum absolute atomic E-state index is 12.2. The maximum atomic E-state index is 12.2. The molecule has 0 bridgehead atoms. The van der Waals surface area contributed by atoms with Gasteiger partial charge in [0.05, 0.1) is 6.26 Å². The predicted octanol–water partition coefficient (Wildman–Crippen LogP) is 2.08. The van der Waals surface area contributed by atoms with Gasteiger partial charge in [-0.3, -0.25) is 0 Å². The van der Waals surface area contributed by atoms with Gasteiger partial charge in [0.15, 0.2) is 0 Å². The summed E-state index contributed by atoms with van der Waals surface area (Å²) in [4.78, 5) is 2.62. The highest BCUT2D eigenvalue weighted by atomic mass is 32.2. The lowest BCUT2D eigenvalue weighted by Crippen LogP contribution is -2.59. The van der Waals surface area contributed by atoms with Crippen LogP contribution in [0.3, 0.4) is 0 Å². The molecule has 0 aromatic rings. The summed E-state index contributed by atoms with van der Waals surface area (Å²) < 4.78 is 31.7. The van der Waals surface area contributed by atoms with E-state index < -0.39 is 10.0 Å². The van der Waals surface area contributed by atoms with Gasteiger partial charge in [0.1, 0.15) is 0 Å². The van der Waals surface area contributed by atoms with E-state index in [0.717, 1.165) is 64.8 Å². The zero-order valence-electron chi connectivity index (χ0n) is 14.9. The van der Waals surface area contributed by atoms with Crippen molar-refractivity contribution in [3.8, 4) is 0 Å². The molecule has 0 saturated carbocycles. The molecule has 3 heterocycles. The minimum absolute atomic E-state index is 0.195. The van der Waals surface area contributed by atoms with Crippen LogP contribution in [0, 0.1) is 5.41 Å². The molecular weight excluding hydrogens is 312 g/mol. The van der Waals surface area contributed by atoms with Crippen LogP contribution < -0.4 is 0 Å². The van der Waals surface area contributed by atoms with Crippen LogP contribution in [-0.2, 0) is 14.8 Å². The van der Waals surface area contributed by atoms with Gasteiger partial charge in [0.2, 0.25) is 10.0 Å². The molecule has 1 spiro atoms. The zero-order chi connectivity index (χ0) is 16.7. The molecule has 5 nitrogen and oxygen atoms in total. The Morgan fingerprint density at radius 1 is 1.00 bits per heavy atom. The number of likely N-dealkylation sites (tertiary alicyclic amines) is 1. The van der Waals surface area contributed by atoms with Gasteiger partial charge in [-0.2, -0.15) is 4.31 Å². The van der Waals surface area contributed by atoms with Gasteiger partial charge in [0, 0.05) is 31.3 Å². The van der Waals surface area contributed by atoms with Crippen LogP contribution in [0.2, 0.25) is 0 Å². The molecule has 0 radical (unpaired) electrons. The lowest BCUT2D eigenvalue weighted by Gasteiger charge is -2.53. The molecule has 0 aliphatic carbocycles. The number of hydrogen-bond donors (Lipinski definition) is 0. The van der Waals surface area contributed by atoms with Gasteiger partial charge in [-0.25, -0.2) is 8.42 Å². The highest BCUT2D eigenvalue weighted by molar-refractivity contribution is 7.88. The predicted molar refractivity (Wildman–Crippen MR) is 91.9 cm³/mol. The first-order valence-electron chi connectivity index (χ1n) is 9.02. The fourth-order valence-corrected chi connectivity index (χ4v) is 6.18. The van der Waals surface area contributed by atoms with Crippen molar-refractivity contribution in [2.24, 2.45) is 5.41 Å². The van der Waals surface area contributed by atoms with Crippen molar-refractivity contribution < 1.29 is 13.2 Å². The fourth-order valence-electron chi connectivity index (χ4n) is 4.68. The molecule has 0 aromatic heterocycles. The lowest BCUT2D eigenvalue weighted by molar-refractivity contribution is -0.0251. The molecule has 0 unspecified atom stereocenters. The molecule has 134 valence electrons. The Balaban J connectivity index is 1.65. The van der Waals surface area contributed by atoms with Gasteiger partial charge in [0.25, 0.3) is 0 Å². The molecule has 0 atom stereocenters. The van der Waals surface area contributed by atoms with Gasteiger partial charge in [-0.05, 0) is 70.9 Å². The molecule has 6 heteroatoms. The van der Waals surface area contributed by atoms with Crippen LogP contribution >= 0.6 is 0 Å². The maximum Gasteiger partial charge on any atom is 0.211 e. The smallest absolute Gasteiger partial charge is 0.211 e. The van der Waals surface area contributed by atoms with Crippen molar-refractivity contribution in [2.45, 2.75) is 64.0 Å². The van der Waals surface area contributed by atoms with Gasteiger partial charge >= 0.3 is 0 Å². The molecular formula is C17H32N2O3S. The van der Waals surface area contributed by atoms with Crippen LogP contribution in [0.4, 0.5) is 0 Å². The number of ether oxygens (including phenoxy) is 1. The Hall–Kier alpha value is -0.170. The summed E-state index contributed by atoms with van der Waals surface area (Å²) in [5.41, 5.74) is -0.0447. The van der Waals surface area contributed by atoms with Crippen LogP contribution in [0.15, 0.2) is 0 Å². The van der Waals surface area contributed by atoms with Crippen LogP contribution in [-0.4, -0.2) is 68.3 Å². The number of rotatable bonds is 2. The van der Waals surface area contributed by atoms with E-state index >= 15 is 0 Å². The Labute approximate surface area is 141 Å². The minimum atomic E-state index is -3.14. The Morgan fingerprint density at radius 3 is 2.17 bits per heavy atom. The summed E-state index contributed by atoms with van der Waals surface area (Å²) in [6, 6.07) is 0.673. The van der Waals surface area contributed by atoms with Gasteiger partial charge in [-0.15, -0.1) is 0 Å². The average molecular weight is 345 g/mol. The van der Waals surface area contributed by atoms with Crippen molar-refractivity contribution >= 4 is 10.0 Å². The van der Waals surface area contributed by atoms with E-state index in [1.807, 2.05) is 0 Å². The van der Waals surface area contributed by atoms with E-state index in [1.54, 1.807) is 4.31 Å². The standard InChI is InChI=1S/C17H32N2O3S/c1-16(2)6-7-17(14-19(16)23(3,20)21)8-10-18(11-9-17)15-4-12-22-13-5-15/h15H,4-14H2,1-3H3. The average Bonchev–Trinajstić information content (AvgIpc) is 2.51. The van der Waals surface area contributed by atoms with Crippen molar-refractivity contribution in [1.29, 1.82) is 0 Å². The molecule has 3 aliphatic rings. The first kappa shape index (κ1) is 17.6. The molecule has 0 amide bonds. The van der Waals surface area contributed by atoms with Crippen molar-refractivity contribution in [3.63, 3.8) is 0 Å². The van der Waals surface area contributed by atoms with E-state index in [2.05, 4.69) is 18.7 Å². The Morgan fingerprint density at radius 2 is 1.61 bits per heavy atom. The number of nitrogens with zero attached hydrogens (tertiary/aromatic N) is 2. The third-order valence-electron chi connectivity index (χ3n) is 6.39. The third kappa shape index (κ3) is 3.75.